The fraction of sp³-hybridized carbons (Fsp3) is 0.143. The van der Waals surface area contributed by atoms with Gasteiger partial charge in [-0.3, -0.25) is 4.98 Å². The Morgan fingerprint density at radius 2 is 1.95 bits per heavy atom. The minimum atomic E-state index is -3.64. The molecule has 0 spiro atoms. The predicted octanol–water partition coefficient (Wildman–Crippen LogP) is 2.86. The molecule has 3 aromatic rings. The monoisotopic (exact) mass is 319 g/mol. The minimum absolute atomic E-state index is 0.259. The highest BCUT2D eigenvalue weighted by Gasteiger charge is 2.22. The Morgan fingerprint density at radius 3 is 2.57 bits per heavy atom. The van der Waals surface area contributed by atoms with Gasteiger partial charge in [-0.1, -0.05) is 6.07 Å². The molecule has 0 unspecified atom stereocenters. The molecular weight excluding hydrogens is 306 g/mol. The van der Waals surface area contributed by atoms with E-state index in [0.29, 0.717) is 11.4 Å². The summed E-state index contributed by atoms with van der Waals surface area (Å²) in [6.45, 7) is 3.50. The fourth-order valence-corrected chi connectivity index (χ4v) is 4.74. The van der Waals surface area contributed by atoms with Crippen molar-refractivity contribution in [2.24, 2.45) is 0 Å². The van der Waals surface area contributed by atoms with E-state index in [1.807, 2.05) is 18.2 Å². The van der Waals surface area contributed by atoms with Crippen LogP contribution in [0.1, 0.15) is 11.4 Å². The van der Waals surface area contributed by atoms with Gasteiger partial charge in [0.25, 0.3) is 10.0 Å². The zero-order chi connectivity index (χ0) is 15.0. The Hall–Kier alpha value is -1.99. The molecule has 3 rings (SSSR count). The first kappa shape index (κ1) is 14.0. The molecule has 5 nitrogen and oxygen atoms in total. The van der Waals surface area contributed by atoms with Gasteiger partial charge in [0.1, 0.15) is 4.21 Å². The Kier molecular flexibility index (Phi) is 3.38. The van der Waals surface area contributed by atoms with E-state index in [0.717, 1.165) is 14.7 Å². The molecular formula is C14H13N3O2S2. The van der Waals surface area contributed by atoms with Crippen LogP contribution in [0.4, 0.5) is 0 Å². The number of nitrogens with zero attached hydrogens (tertiary/aromatic N) is 3. The number of pyridine rings is 1. The molecule has 0 aliphatic rings. The molecule has 0 fully saturated rings. The van der Waals surface area contributed by atoms with Gasteiger partial charge in [0.05, 0.1) is 22.0 Å². The highest BCUT2D eigenvalue weighted by molar-refractivity contribution is 7.92. The standard InChI is InChI=1S/C14H13N3O2S2/c1-10-9-11(2)17(16-10)21(18,19)14-7-6-13(20-14)12-5-3-4-8-15-12/h3-9H,1-2H3. The van der Waals surface area contributed by atoms with Crippen molar-refractivity contribution in [3.63, 3.8) is 0 Å². The summed E-state index contributed by atoms with van der Waals surface area (Å²) >= 11 is 1.19. The summed E-state index contributed by atoms with van der Waals surface area (Å²) in [6.07, 6.45) is 1.68. The topological polar surface area (TPSA) is 64.8 Å². The summed E-state index contributed by atoms with van der Waals surface area (Å²) in [6, 6.07) is 10.7. The van der Waals surface area contributed by atoms with Gasteiger partial charge in [0, 0.05) is 6.20 Å². The highest BCUT2D eigenvalue weighted by atomic mass is 32.2. The molecule has 0 saturated carbocycles. The third kappa shape index (κ3) is 2.50. The second-order valence-corrected chi connectivity index (χ2v) is 7.69. The lowest BCUT2D eigenvalue weighted by Crippen LogP contribution is -2.14. The Balaban J connectivity index is 2.05. The van der Waals surface area contributed by atoms with Crippen LogP contribution in [0.3, 0.4) is 0 Å². The van der Waals surface area contributed by atoms with Crippen LogP contribution in [-0.2, 0) is 10.0 Å². The lowest BCUT2D eigenvalue weighted by molar-refractivity contribution is 0.580. The summed E-state index contributed by atoms with van der Waals surface area (Å²) in [5, 5.41) is 4.06. The van der Waals surface area contributed by atoms with Crippen LogP contribution in [-0.4, -0.2) is 22.6 Å². The first-order valence-electron chi connectivity index (χ1n) is 6.28. The molecule has 0 amide bonds. The van der Waals surface area contributed by atoms with E-state index < -0.39 is 10.0 Å². The van der Waals surface area contributed by atoms with E-state index in [-0.39, 0.29) is 4.21 Å². The van der Waals surface area contributed by atoms with Crippen LogP contribution in [0, 0.1) is 13.8 Å². The summed E-state index contributed by atoms with van der Waals surface area (Å²) in [4.78, 5) is 5.05. The SMILES string of the molecule is Cc1cc(C)n(S(=O)(=O)c2ccc(-c3ccccn3)s2)n1. The summed E-state index contributed by atoms with van der Waals surface area (Å²) < 4.78 is 26.5. The molecule has 3 heterocycles. The number of rotatable bonds is 3. The van der Waals surface area contributed by atoms with Crippen LogP contribution in [0.2, 0.25) is 0 Å². The third-order valence-corrected chi connectivity index (χ3v) is 6.20. The van der Waals surface area contributed by atoms with Crippen LogP contribution in [0.15, 0.2) is 46.8 Å². The van der Waals surface area contributed by atoms with E-state index in [4.69, 9.17) is 0 Å². The lowest BCUT2D eigenvalue weighted by Gasteiger charge is -2.03. The minimum Gasteiger partial charge on any atom is -0.255 e. The molecule has 0 N–H and O–H groups in total. The van der Waals surface area contributed by atoms with Gasteiger partial charge >= 0.3 is 0 Å². The van der Waals surface area contributed by atoms with Gasteiger partial charge in [-0.25, -0.2) is 0 Å². The summed E-state index contributed by atoms with van der Waals surface area (Å²) in [5.41, 5.74) is 2.04. The largest absolute Gasteiger partial charge is 0.292 e. The summed E-state index contributed by atoms with van der Waals surface area (Å²) in [5.74, 6) is 0. The van der Waals surface area contributed by atoms with E-state index in [2.05, 4.69) is 10.1 Å². The van der Waals surface area contributed by atoms with Gasteiger partial charge in [-0.2, -0.15) is 17.6 Å². The fourth-order valence-electron chi connectivity index (χ4n) is 2.04. The van der Waals surface area contributed by atoms with E-state index in [9.17, 15) is 8.42 Å². The van der Waals surface area contributed by atoms with E-state index >= 15 is 0 Å². The van der Waals surface area contributed by atoms with E-state index in [1.54, 1.807) is 38.2 Å². The number of aromatic nitrogens is 3. The number of aryl methyl sites for hydroxylation is 2. The predicted molar refractivity (Wildman–Crippen MR) is 81.8 cm³/mol. The van der Waals surface area contributed by atoms with Crippen molar-refractivity contribution >= 4 is 21.4 Å². The smallest absolute Gasteiger partial charge is 0.255 e. The van der Waals surface area contributed by atoms with Gasteiger partial charge in [-0.15, -0.1) is 11.3 Å². The van der Waals surface area contributed by atoms with Crippen molar-refractivity contribution in [3.8, 4) is 10.6 Å². The average Bonchev–Trinajstić information content (AvgIpc) is 3.07. The maximum absolute atomic E-state index is 12.6. The maximum Gasteiger partial charge on any atom is 0.292 e. The molecule has 0 saturated heterocycles. The number of hydrogen-bond acceptors (Lipinski definition) is 5. The second-order valence-electron chi connectivity index (χ2n) is 4.61. The van der Waals surface area contributed by atoms with Crippen molar-refractivity contribution in [2.45, 2.75) is 18.1 Å². The van der Waals surface area contributed by atoms with Crippen LogP contribution >= 0.6 is 11.3 Å². The van der Waals surface area contributed by atoms with Crippen LogP contribution in [0.25, 0.3) is 10.6 Å². The molecule has 7 heteroatoms. The van der Waals surface area contributed by atoms with Crippen molar-refractivity contribution in [3.05, 3.63) is 54.0 Å². The number of hydrogen-bond donors (Lipinski definition) is 0. The quantitative estimate of drug-likeness (QED) is 0.744. The highest BCUT2D eigenvalue weighted by Crippen LogP contribution is 2.30. The molecule has 3 aromatic heterocycles. The molecule has 21 heavy (non-hydrogen) atoms. The third-order valence-electron chi connectivity index (χ3n) is 2.95. The Morgan fingerprint density at radius 1 is 1.14 bits per heavy atom. The molecule has 0 atom stereocenters. The average molecular weight is 319 g/mol. The molecule has 108 valence electrons. The van der Waals surface area contributed by atoms with Crippen molar-refractivity contribution in [1.82, 2.24) is 14.2 Å². The van der Waals surface area contributed by atoms with Crippen molar-refractivity contribution < 1.29 is 8.42 Å². The first-order chi connectivity index (χ1) is 9.98. The number of thiophene rings is 1. The lowest BCUT2D eigenvalue weighted by atomic mass is 10.3. The van der Waals surface area contributed by atoms with Crippen molar-refractivity contribution in [1.29, 1.82) is 0 Å². The molecule has 0 aromatic carbocycles. The molecule has 0 aliphatic carbocycles. The first-order valence-corrected chi connectivity index (χ1v) is 8.54. The van der Waals surface area contributed by atoms with Crippen molar-refractivity contribution in [2.75, 3.05) is 0 Å². The van der Waals surface area contributed by atoms with Gasteiger partial charge in [0.2, 0.25) is 0 Å². The Bertz CT molecular complexity index is 880. The van der Waals surface area contributed by atoms with Gasteiger partial charge in [0.15, 0.2) is 0 Å². The van der Waals surface area contributed by atoms with Gasteiger partial charge in [-0.05, 0) is 44.2 Å². The normalized spacial score (nSPS) is 11.7. The van der Waals surface area contributed by atoms with Crippen LogP contribution in [0.5, 0.6) is 0 Å². The molecule has 0 aliphatic heterocycles. The molecule has 0 radical (unpaired) electrons. The van der Waals surface area contributed by atoms with E-state index in [1.165, 1.54) is 11.3 Å². The van der Waals surface area contributed by atoms with Crippen LogP contribution < -0.4 is 0 Å². The zero-order valence-corrected chi connectivity index (χ0v) is 13.1. The van der Waals surface area contributed by atoms with Gasteiger partial charge < -0.3 is 0 Å². The molecule has 0 bridgehead atoms. The maximum atomic E-state index is 12.6. The summed E-state index contributed by atoms with van der Waals surface area (Å²) in [7, 11) is -3.64. The Labute approximate surface area is 127 Å². The second kappa shape index (κ2) is 5.09. The zero-order valence-electron chi connectivity index (χ0n) is 11.5.